The molecule has 6 aromatic heterocycles. The average Bonchev–Trinajstić information content (AvgIpc) is 3.40. The molecule has 0 spiro atoms. The molecule has 6 rings (SSSR count). The van der Waals surface area contributed by atoms with Crippen molar-refractivity contribution in [1.29, 1.82) is 0 Å². The largest absolute Gasteiger partial charge is 0.330 e. The zero-order valence-corrected chi connectivity index (χ0v) is 20.5. The van der Waals surface area contributed by atoms with Crippen LogP contribution in [-0.2, 0) is 21.1 Å². The third-order valence-corrected chi connectivity index (χ3v) is 5.74. The van der Waals surface area contributed by atoms with Crippen molar-refractivity contribution in [2.75, 3.05) is 0 Å². The van der Waals surface area contributed by atoms with Crippen LogP contribution in [0.5, 0.6) is 0 Å². The molecule has 0 aromatic carbocycles. The van der Waals surface area contributed by atoms with E-state index in [0.29, 0.717) is 0 Å². The fourth-order valence-corrected chi connectivity index (χ4v) is 3.46. The number of imidazole rings is 3. The highest BCUT2D eigenvalue weighted by Gasteiger charge is 2.04. The van der Waals surface area contributed by atoms with Crippen LogP contribution < -0.4 is 0 Å². The lowest BCUT2D eigenvalue weighted by Gasteiger charge is -1.95. The van der Waals surface area contributed by atoms with Crippen LogP contribution in [0, 0.1) is 27.7 Å². The predicted molar refractivity (Wildman–Crippen MR) is 132 cm³/mol. The highest BCUT2D eigenvalue weighted by atomic mass is 15.1. The lowest BCUT2D eigenvalue weighted by molar-refractivity contribution is 0.874. The van der Waals surface area contributed by atoms with E-state index in [-0.39, 0.29) is 0 Å². The summed E-state index contributed by atoms with van der Waals surface area (Å²) in [4.78, 5) is 29.2. The molecule has 0 atom stereocenters. The van der Waals surface area contributed by atoms with Crippen LogP contribution in [0.3, 0.4) is 0 Å². The van der Waals surface area contributed by atoms with E-state index >= 15 is 0 Å². The Bertz CT molecular complexity index is 1510. The van der Waals surface area contributed by atoms with Gasteiger partial charge in [0.1, 0.15) is 34.8 Å². The summed E-state index contributed by atoms with van der Waals surface area (Å²) in [6, 6.07) is 5.96. The van der Waals surface area contributed by atoms with E-state index in [0.717, 1.165) is 51.0 Å². The fraction of sp³-hybridized carbons (Fsp3) is 0.292. The Labute approximate surface area is 197 Å². The van der Waals surface area contributed by atoms with E-state index in [1.165, 1.54) is 11.9 Å². The first-order valence-corrected chi connectivity index (χ1v) is 10.8. The Balaban J connectivity index is 0.000000121. The van der Waals surface area contributed by atoms with Gasteiger partial charge < -0.3 is 13.7 Å². The molecule has 0 bridgehead atoms. The van der Waals surface area contributed by atoms with Gasteiger partial charge >= 0.3 is 0 Å². The Hall–Kier alpha value is -4.21. The summed E-state index contributed by atoms with van der Waals surface area (Å²) in [5, 5.41) is 0. The quantitative estimate of drug-likeness (QED) is 0.344. The number of hydrogen-bond donors (Lipinski definition) is 0. The molecule has 0 aliphatic rings. The zero-order valence-electron chi connectivity index (χ0n) is 20.5. The van der Waals surface area contributed by atoms with Gasteiger partial charge in [0.25, 0.3) is 0 Å². The van der Waals surface area contributed by atoms with E-state index in [9.17, 15) is 0 Å². The number of hydrogen-bond acceptors (Lipinski definition) is 7. The number of fused-ring (bicyclic) bond motifs is 3. The highest BCUT2D eigenvalue weighted by Crippen LogP contribution is 2.13. The smallest absolute Gasteiger partial charge is 0.180 e. The van der Waals surface area contributed by atoms with Crippen molar-refractivity contribution in [1.82, 2.24) is 48.6 Å². The van der Waals surface area contributed by atoms with Crippen LogP contribution in [0.15, 0.2) is 43.1 Å². The van der Waals surface area contributed by atoms with Gasteiger partial charge in [-0.2, -0.15) is 0 Å². The number of aromatic nitrogens is 10. The second kappa shape index (κ2) is 9.34. The number of nitrogens with zero attached hydrogens (tertiary/aromatic N) is 10. The van der Waals surface area contributed by atoms with E-state index in [4.69, 9.17) is 0 Å². The maximum Gasteiger partial charge on any atom is 0.180 e. The number of aryl methyl sites for hydroxylation is 7. The minimum atomic E-state index is 0.764. The molecule has 0 unspecified atom stereocenters. The van der Waals surface area contributed by atoms with Gasteiger partial charge in [0, 0.05) is 33.5 Å². The lowest BCUT2D eigenvalue weighted by Crippen LogP contribution is -1.91. The van der Waals surface area contributed by atoms with Crippen molar-refractivity contribution in [3.8, 4) is 0 Å². The van der Waals surface area contributed by atoms with Gasteiger partial charge in [-0.15, -0.1) is 0 Å². The van der Waals surface area contributed by atoms with E-state index in [2.05, 4.69) is 45.5 Å². The lowest BCUT2D eigenvalue weighted by atomic mass is 10.3. The molecule has 0 aliphatic carbocycles. The first kappa shape index (κ1) is 23.0. The SMILES string of the molecule is Cc1cnc2nc(C)n(C)c2c1.Cc1nc2cccnc2n1C.Cc1nc2ncncc2n1C. The van der Waals surface area contributed by atoms with Crippen molar-refractivity contribution >= 4 is 33.5 Å². The molecule has 0 amide bonds. The summed E-state index contributed by atoms with van der Waals surface area (Å²) in [6.07, 6.45) is 6.90. The molecule has 6 heterocycles. The van der Waals surface area contributed by atoms with Gasteiger partial charge in [-0.3, -0.25) is 0 Å². The third-order valence-electron chi connectivity index (χ3n) is 5.74. The summed E-state index contributed by atoms with van der Waals surface area (Å²) in [6.45, 7) is 7.94. The maximum atomic E-state index is 4.31. The van der Waals surface area contributed by atoms with E-state index in [1.54, 1.807) is 12.4 Å². The Morgan fingerprint density at radius 2 is 1.32 bits per heavy atom. The highest BCUT2D eigenvalue weighted by molar-refractivity contribution is 5.72. The Morgan fingerprint density at radius 3 is 2.00 bits per heavy atom. The predicted octanol–water partition coefficient (Wildman–Crippen LogP) is 3.53. The van der Waals surface area contributed by atoms with Crippen LogP contribution >= 0.6 is 0 Å². The minimum Gasteiger partial charge on any atom is -0.330 e. The summed E-state index contributed by atoms with van der Waals surface area (Å²) < 4.78 is 6.00. The molecular weight excluding hydrogens is 428 g/mol. The average molecular weight is 457 g/mol. The van der Waals surface area contributed by atoms with Gasteiger partial charge in [-0.25, -0.2) is 34.9 Å². The first-order chi connectivity index (χ1) is 16.3. The second-order valence-corrected chi connectivity index (χ2v) is 8.09. The molecule has 174 valence electrons. The Morgan fingerprint density at radius 1 is 0.676 bits per heavy atom. The standard InChI is InChI=1S/C9H11N3.C8H9N3.C7H8N4/c1-6-4-8-9(10-5-6)11-7(2)12(8)3;1-6-10-7-4-3-5-9-8(7)11(6)2;1-5-10-7-6(11(5)2)3-8-4-9-7/h4-5H,1-3H3;3-5H,1-2H3;3-4H,1-2H3. The van der Waals surface area contributed by atoms with Gasteiger partial charge in [-0.1, -0.05) is 0 Å². The van der Waals surface area contributed by atoms with Gasteiger partial charge in [0.05, 0.1) is 11.7 Å². The topological polar surface area (TPSA) is 105 Å². The molecular formula is C24H28N10. The summed E-state index contributed by atoms with van der Waals surface area (Å²) in [7, 11) is 5.93. The molecule has 34 heavy (non-hydrogen) atoms. The molecule has 0 aliphatic heterocycles. The molecule has 10 heteroatoms. The first-order valence-electron chi connectivity index (χ1n) is 10.8. The van der Waals surface area contributed by atoms with Gasteiger partial charge in [0.2, 0.25) is 0 Å². The number of rotatable bonds is 0. The van der Waals surface area contributed by atoms with Crippen LogP contribution in [-0.4, -0.2) is 48.6 Å². The van der Waals surface area contributed by atoms with Crippen LogP contribution in [0.4, 0.5) is 0 Å². The maximum absolute atomic E-state index is 4.31. The van der Waals surface area contributed by atoms with E-state index < -0.39 is 0 Å². The zero-order chi connectivity index (χ0) is 24.4. The summed E-state index contributed by atoms with van der Waals surface area (Å²) >= 11 is 0. The molecule has 6 aromatic rings. The molecule has 0 N–H and O–H groups in total. The van der Waals surface area contributed by atoms with Gasteiger partial charge in [0.15, 0.2) is 16.9 Å². The van der Waals surface area contributed by atoms with Crippen molar-refractivity contribution in [3.05, 3.63) is 66.2 Å². The molecule has 0 fully saturated rings. The molecule has 10 nitrogen and oxygen atoms in total. The third kappa shape index (κ3) is 4.47. The van der Waals surface area contributed by atoms with Crippen molar-refractivity contribution in [2.24, 2.45) is 21.1 Å². The van der Waals surface area contributed by atoms with Crippen molar-refractivity contribution in [3.63, 3.8) is 0 Å². The molecule has 0 saturated heterocycles. The summed E-state index contributed by atoms with van der Waals surface area (Å²) in [5.74, 6) is 2.96. The van der Waals surface area contributed by atoms with Crippen molar-refractivity contribution in [2.45, 2.75) is 27.7 Å². The van der Waals surface area contributed by atoms with Crippen LogP contribution in [0.25, 0.3) is 33.5 Å². The van der Waals surface area contributed by atoms with Crippen molar-refractivity contribution < 1.29 is 0 Å². The monoisotopic (exact) mass is 456 g/mol. The molecule has 0 saturated carbocycles. The van der Waals surface area contributed by atoms with Crippen LogP contribution in [0.1, 0.15) is 23.0 Å². The summed E-state index contributed by atoms with van der Waals surface area (Å²) in [5.41, 5.74) is 6.76. The molecule has 0 radical (unpaired) electrons. The van der Waals surface area contributed by atoms with E-state index in [1.807, 2.05) is 76.3 Å². The minimum absolute atomic E-state index is 0.764. The van der Waals surface area contributed by atoms with Gasteiger partial charge in [-0.05, 0) is 51.5 Å². The number of pyridine rings is 2. The fourth-order valence-electron chi connectivity index (χ4n) is 3.46. The Kier molecular flexibility index (Phi) is 6.31. The second-order valence-electron chi connectivity index (χ2n) is 8.09. The van der Waals surface area contributed by atoms with Crippen LogP contribution in [0.2, 0.25) is 0 Å². The normalized spacial score (nSPS) is 10.8.